The van der Waals surface area contributed by atoms with Gasteiger partial charge in [-0.3, -0.25) is 0 Å². The molecule has 0 fully saturated rings. The number of hydrogen-bond donors (Lipinski definition) is 1. The molecule has 1 N–H and O–H groups in total. The van der Waals surface area contributed by atoms with Crippen LogP contribution in [0.15, 0.2) is 65.8 Å². The van der Waals surface area contributed by atoms with Crippen molar-refractivity contribution in [2.75, 3.05) is 19.5 Å². The zero-order chi connectivity index (χ0) is 22.0. The Balaban J connectivity index is 1.64. The summed E-state index contributed by atoms with van der Waals surface area (Å²) in [5, 5.41) is 7.72. The number of nitrogens with one attached hydrogen (secondary N) is 1. The van der Waals surface area contributed by atoms with Gasteiger partial charge in [0.1, 0.15) is 23.1 Å². The molecule has 4 aromatic rings. The zero-order valence-electron chi connectivity index (χ0n) is 16.7. The van der Waals surface area contributed by atoms with Gasteiger partial charge in [0.05, 0.1) is 30.8 Å². The number of anilines is 1. The number of rotatable bonds is 7. The maximum absolute atomic E-state index is 13.2. The van der Waals surface area contributed by atoms with Crippen LogP contribution >= 0.6 is 0 Å². The molecule has 0 aliphatic carbocycles. The molecule has 31 heavy (non-hydrogen) atoms. The van der Waals surface area contributed by atoms with Crippen LogP contribution < -0.4 is 14.8 Å². The van der Waals surface area contributed by atoms with E-state index in [0.717, 1.165) is 21.8 Å². The average Bonchev–Trinajstić information content (AvgIpc) is 3.22. The van der Waals surface area contributed by atoms with E-state index in [2.05, 4.69) is 15.4 Å². The van der Waals surface area contributed by atoms with Crippen molar-refractivity contribution in [1.29, 1.82) is 0 Å². The Bertz CT molecular complexity index is 1340. The first-order valence-electron chi connectivity index (χ1n) is 9.22. The molecule has 0 radical (unpaired) electrons. The maximum Gasteiger partial charge on any atom is 0.283 e. The molecule has 0 saturated heterocycles. The van der Waals surface area contributed by atoms with Gasteiger partial charge in [0.15, 0.2) is 0 Å². The summed E-state index contributed by atoms with van der Waals surface area (Å²) in [7, 11) is -0.843. The van der Waals surface area contributed by atoms with Crippen molar-refractivity contribution in [3.63, 3.8) is 0 Å². The topological polar surface area (TPSA) is 95.3 Å². The van der Waals surface area contributed by atoms with E-state index in [0.29, 0.717) is 34.8 Å². The molecule has 2 aromatic heterocycles. The van der Waals surface area contributed by atoms with E-state index in [-0.39, 0.29) is 4.90 Å². The lowest BCUT2D eigenvalue weighted by molar-refractivity contribution is 0.391. The van der Waals surface area contributed by atoms with E-state index in [4.69, 9.17) is 9.47 Å². The lowest BCUT2D eigenvalue weighted by Gasteiger charge is -2.12. The fourth-order valence-electron chi connectivity index (χ4n) is 3.08. The third-order valence-electron chi connectivity index (χ3n) is 4.71. The van der Waals surface area contributed by atoms with Gasteiger partial charge in [0.2, 0.25) is 0 Å². The van der Waals surface area contributed by atoms with Crippen LogP contribution in [0, 0.1) is 5.82 Å². The quantitative estimate of drug-likeness (QED) is 0.468. The van der Waals surface area contributed by atoms with Crippen LogP contribution in [0.3, 0.4) is 0 Å². The molecule has 160 valence electrons. The largest absolute Gasteiger partial charge is 0.497 e. The second-order valence-corrected chi connectivity index (χ2v) is 8.37. The van der Waals surface area contributed by atoms with Crippen LogP contribution in [0.1, 0.15) is 5.56 Å². The molecule has 0 amide bonds. The summed E-state index contributed by atoms with van der Waals surface area (Å²) in [6.07, 6.45) is 2.95. The number of fused-ring (bicyclic) bond motifs is 1. The Morgan fingerprint density at radius 3 is 2.52 bits per heavy atom. The Morgan fingerprint density at radius 1 is 1.03 bits per heavy atom. The third-order valence-corrected chi connectivity index (χ3v) is 6.33. The SMILES string of the molecule is COc1ccc(CNc2cc3c(cn2)cnn3S(=O)(=O)c2ccc(F)cc2)c(OC)c1. The van der Waals surface area contributed by atoms with Gasteiger partial charge in [-0.15, -0.1) is 0 Å². The monoisotopic (exact) mass is 442 g/mol. The maximum atomic E-state index is 13.2. The molecule has 0 aliphatic heterocycles. The molecule has 0 unspecified atom stereocenters. The smallest absolute Gasteiger partial charge is 0.283 e. The summed E-state index contributed by atoms with van der Waals surface area (Å²) in [5.41, 5.74) is 1.22. The highest BCUT2D eigenvalue weighted by Crippen LogP contribution is 2.26. The molecular weight excluding hydrogens is 423 g/mol. The molecule has 0 bridgehead atoms. The van der Waals surface area contributed by atoms with Gasteiger partial charge < -0.3 is 14.8 Å². The molecule has 0 saturated carbocycles. The van der Waals surface area contributed by atoms with Crippen LogP contribution in [0.2, 0.25) is 0 Å². The van der Waals surface area contributed by atoms with Gasteiger partial charge in [0, 0.05) is 35.8 Å². The van der Waals surface area contributed by atoms with Gasteiger partial charge in [-0.25, -0.2) is 9.37 Å². The summed E-state index contributed by atoms with van der Waals surface area (Å²) in [6, 6.07) is 11.7. The highest BCUT2D eigenvalue weighted by molar-refractivity contribution is 7.90. The highest BCUT2D eigenvalue weighted by Gasteiger charge is 2.21. The number of aromatic nitrogens is 3. The lowest BCUT2D eigenvalue weighted by Crippen LogP contribution is -2.14. The van der Waals surface area contributed by atoms with Crippen LogP contribution in [0.4, 0.5) is 10.2 Å². The van der Waals surface area contributed by atoms with Crippen LogP contribution in [0.25, 0.3) is 10.9 Å². The normalized spacial score (nSPS) is 11.5. The van der Waals surface area contributed by atoms with Crippen molar-refractivity contribution in [1.82, 2.24) is 14.2 Å². The van der Waals surface area contributed by atoms with Crippen molar-refractivity contribution in [3.8, 4) is 11.5 Å². The van der Waals surface area contributed by atoms with Crippen LogP contribution in [-0.2, 0) is 16.6 Å². The van der Waals surface area contributed by atoms with E-state index in [1.807, 2.05) is 12.1 Å². The highest BCUT2D eigenvalue weighted by atomic mass is 32.2. The fourth-order valence-corrected chi connectivity index (χ4v) is 4.34. The molecule has 8 nitrogen and oxygen atoms in total. The number of pyridine rings is 1. The molecule has 4 rings (SSSR count). The van der Waals surface area contributed by atoms with Gasteiger partial charge in [-0.2, -0.15) is 17.6 Å². The number of halogens is 1. The standard InChI is InChI=1S/C21H19FN4O4S/c1-29-17-6-3-14(20(9-17)30-2)11-23-21-10-19-15(12-24-21)13-25-26(19)31(27,28)18-7-4-16(22)5-8-18/h3-10,12-13H,11H2,1-2H3,(H,23,24). The average molecular weight is 442 g/mol. The van der Waals surface area contributed by atoms with E-state index in [1.54, 1.807) is 26.4 Å². The Labute approximate surface area is 178 Å². The Kier molecular flexibility index (Phi) is 5.47. The van der Waals surface area contributed by atoms with Crippen molar-refractivity contribution in [2.24, 2.45) is 0 Å². The zero-order valence-corrected chi connectivity index (χ0v) is 17.6. The predicted octanol–water partition coefficient (Wildman–Crippen LogP) is 3.44. The number of hydrogen-bond acceptors (Lipinski definition) is 7. The number of methoxy groups -OCH3 is 2. The Morgan fingerprint density at radius 2 is 1.81 bits per heavy atom. The predicted molar refractivity (Wildman–Crippen MR) is 113 cm³/mol. The second-order valence-electron chi connectivity index (χ2n) is 6.61. The molecule has 10 heteroatoms. The van der Waals surface area contributed by atoms with Gasteiger partial charge in [0.25, 0.3) is 10.0 Å². The molecule has 2 aromatic carbocycles. The fraction of sp³-hybridized carbons (Fsp3) is 0.143. The van der Waals surface area contributed by atoms with E-state index >= 15 is 0 Å². The first-order valence-corrected chi connectivity index (χ1v) is 10.7. The first-order chi connectivity index (χ1) is 14.9. The third kappa shape index (κ3) is 4.02. The molecule has 0 atom stereocenters. The van der Waals surface area contributed by atoms with Gasteiger partial charge >= 0.3 is 0 Å². The molecule has 0 aliphatic rings. The minimum atomic E-state index is -3.99. The van der Waals surface area contributed by atoms with Crippen molar-refractivity contribution < 1.29 is 22.3 Å². The van der Waals surface area contributed by atoms with Crippen molar-refractivity contribution >= 4 is 26.7 Å². The van der Waals surface area contributed by atoms with Crippen molar-refractivity contribution in [3.05, 3.63) is 72.3 Å². The number of nitrogens with zero attached hydrogens (tertiary/aromatic N) is 3. The lowest BCUT2D eigenvalue weighted by atomic mass is 10.2. The van der Waals surface area contributed by atoms with Crippen LogP contribution in [-0.4, -0.2) is 36.8 Å². The molecule has 2 heterocycles. The number of ether oxygens (including phenoxy) is 2. The van der Waals surface area contributed by atoms with Gasteiger partial charge in [-0.1, -0.05) is 0 Å². The second kappa shape index (κ2) is 8.23. The van der Waals surface area contributed by atoms with Crippen LogP contribution in [0.5, 0.6) is 11.5 Å². The first kappa shape index (κ1) is 20.6. The summed E-state index contributed by atoms with van der Waals surface area (Å²) < 4.78 is 50.6. The van der Waals surface area contributed by atoms with E-state index in [1.165, 1.54) is 24.5 Å². The minimum Gasteiger partial charge on any atom is -0.497 e. The number of benzene rings is 2. The molecular formula is C21H19FN4O4S. The Hall–Kier alpha value is -3.66. The molecule has 0 spiro atoms. The van der Waals surface area contributed by atoms with Gasteiger partial charge in [-0.05, 0) is 36.4 Å². The summed E-state index contributed by atoms with van der Waals surface area (Å²) >= 11 is 0. The summed E-state index contributed by atoms with van der Waals surface area (Å²) in [5.74, 6) is 1.27. The summed E-state index contributed by atoms with van der Waals surface area (Å²) in [4.78, 5) is 4.25. The summed E-state index contributed by atoms with van der Waals surface area (Å²) in [6.45, 7) is 0.393. The van der Waals surface area contributed by atoms with E-state index in [9.17, 15) is 12.8 Å². The van der Waals surface area contributed by atoms with Crippen molar-refractivity contribution in [2.45, 2.75) is 11.4 Å². The minimum absolute atomic E-state index is 0.0619. The van der Waals surface area contributed by atoms with E-state index < -0.39 is 15.8 Å².